The first-order valence-electron chi connectivity index (χ1n) is 10.4. The van der Waals surface area contributed by atoms with E-state index >= 15 is 0 Å². The SMILES string of the molecule is CC(=O)N1CCc2nc([C@H]3CCCCN3C(=O)C[C@@H](C)n3ccnc3)ncc2C1. The molecule has 2 aliphatic heterocycles. The Hall–Kier alpha value is -2.77. The van der Waals surface area contributed by atoms with Gasteiger partial charge >= 0.3 is 0 Å². The molecule has 0 radical (unpaired) electrons. The summed E-state index contributed by atoms with van der Waals surface area (Å²) in [6.07, 6.45) is 11.4. The quantitative estimate of drug-likeness (QED) is 0.792. The highest BCUT2D eigenvalue weighted by molar-refractivity contribution is 5.77. The summed E-state index contributed by atoms with van der Waals surface area (Å²) in [4.78, 5) is 42.0. The molecule has 2 aliphatic rings. The van der Waals surface area contributed by atoms with E-state index in [1.165, 1.54) is 0 Å². The van der Waals surface area contributed by atoms with Crippen LogP contribution in [0.25, 0.3) is 0 Å². The molecule has 0 aromatic carbocycles. The fourth-order valence-electron chi connectivity index (χ4n) is 4.26. The summed E-state index contributed by atoms with van der Waals surface area (Å²) in [5.74, 6) is 0.958. The van der Waals surface area contributed by atoms with Gasteiger partial charge in [0.2, 0.25) is 11.8 Å². The van der Waals surface area contributed by atoms with Gasteiger partial charge in [0.05, 0.1) is 18.1 Å². The van der Waals surface area contributed by atoms with Crippen molar-refractivity contribution in [3.63, 3.8) is 0 Å². The van der Waals surface area contributed by atoms with Crippen LogP contribution >= 0.6 is 0 Å². The van der Waals surface area contributed by atoms with Crippen LogP contribution in [0, 0.1) is 0 Å². The molecule has 2 aromatic heterocycles. The first kappa shape index (κ1) is 19.5. The lowest BCUT2D eigenvalue weighted by molar-refractivity contribution is -0.136. The van der Waals surface area contributed by atoms with Crippen molar-refractivity contribution in [1.29, 1.82) is 0 Å². The Morgan fingerprint density at radius 1 is 1.28 bits per heavy atom. The predicted octanol–water partition coefficient (Wildman–Crippen LogP) is 2.28. The van der Waals surface area contributed by atoms with Crippen LogP contribution in [-0.2, 0) is 22.6 Å². The first-order valence-corrected chi connectivity index (χ1v) is 10.4. The van der Waals surface area contributed by atoms with Crippen molar-refractivity contribution in [2.24, 2.45) is 0 Å². The number of carbonyl (C=O) groups is 2. The van der Waals surface area contributed by atoms with Crippen LogP contribution < -0.4 is 0 Å². The van der Waals surface area contributed by atoms with Gasteiger partial charge in [-0.15, -0.1) is 0 Å². The highest BCUT2D eigenvalue weighted by atomic mass is 16.2. The number of aromatic nitrogens is 4. The number of hydrogen-bond acceptors (Lipinski definition) is 5. The van der Waals surface area contributed by atoms with E-state index < -0.39 is 0 Å². The standard InChI is InChI=1S/C21H28N6O2/c1-15(26-10-7-22-14-26)11-20(29)27-8-4-3-5-19(27)21-23-12-17-13-25(16(2)28)9-6-18(17)24-21/h7,10,12,14-15,19H,3-6,8-9,11,13H2,1-2H3/t15-,19-/m1/s1. The normalized spacial score (nSPS) is 20.3. The number of hydrogen-bond donors (Lipinski definition) is 0. The van der Waals surface area contributed by atoms with Crippen LogP contribution in [0.1, 0.15) is 68.7 Å². The van der Waals surface area contributed by atoms with E-state index in [1.54, 1.807) is 19.4 Å². The predicted molar refractivity (Wildman–Crippen MR) is 107 cm³/mol. The molecule has 154 valence electrons. The minimum Gasteiger partial charge on any atom is -0.338 e. The number of likely N-dealkylation sites (tertiary alicyclic amines) is 1. The lowest BCUT2D eigenvalue weighted by Crippen LogP contribution is -2.40. The molecule has 1 fully saturated rings. The molecular formula is C21H28N6O2. The van der Waals surface area contributed by atoms with Crippen LogP contribution in [0.2, 0.25) is 0 Å². The van der Waals surface area contributed by atoms with E-state index in [9.17, 15) is 9.59 Å². The van der Waals surface area contributed by atoms with Crippen LogP contribution in [0.15, 0.2) is 24.9 Å². The third kappa shape index (κ3) is 4.16. The van der Waals surface area contributed by atoms with Crippen LogP contribution in [-0.4, -0.2) is 54.2 Å². The molecule has 4 rings (SSSR count). The smallest absolute Gasteiger partial charge is 0.225 e. The molecule has 0 spiro atoms. The second-order valence-corrected chi connectivity index (χ2v) is 8.05. The van der Waals surface area contributed by atoms with Gasteiger partial charge in [-0.1, -0.05) is 0 Å². The molecule has 2 amide bonds. The molecule has 0 saturated carbocycles. The molecule has 0 aliphatic carbocycles. The molecule has 29 heavy (non-hydrogen) atoms. The lowest BCUT2D eigenvalue weighted by Gasteiger charge is -2.36. The van der Waals surface area contributed by atoms with Crippen molar-refractivity contribution in [2.75, 3.05) is 13.1 Å². The average molecular weight is 396 g/mol. The number of amides is 2. The molecule has 8 nitrogen and oxygen atoms in total. The van der Waals surface area contributed by atoms with Gasteiger partial charge in [0, 0.05) is 69.6 Å². The van der Waals surface area contributed by atoms with Crippen molar-refractivity contribution < 1.29 is 9.59 Å². The highest BCUT2D eigenvalue weighted by Gasteiger charge is 2.31. The van der Waals surface area contributed by atoms with Gasteiger partial charge in [-0.05, 0) is 26.2 Å². The van der Waals surface area contributed by atoms with E-state index in [0.717, 1.165) is 49.3 Å². The van der Waals surface area contributed by atoms with Gasteiger partial charge in [0.15, 0.2) is 5.82 Å². The number of fused-ring (bicyclic) bond motifs is 1. The zero-order chi connectivity index (χ0) is 20.4. The summed E-state index contributed by atoms with van der Waals surface area (Å²) in [7, 11) is 0. The maximum absolute atomic E-state index is 13.1. The fourth-order valence-corrected chi connectivity index (χ4v) is 4.26. The van der Waals surface area contributed by atoms with Crippen LogP contribution in [0.5, 0.6) is 0 Å². The summed E-state index contributed by atoms with van der Waals surface area (Å²) in [6.45, 7) is 5.64. The van der Waals surface area contributed by atoms with Crippen molar-refractivity contribution in [1.82, 2.24) is 29.3 Å². The van der Waals surface area contributed by atoms with Crippen molar-refractivity contribution >= 4 is 11.8 Å². The number of carbonyl (C=O) groups excluding carboxylic acids is 2. The van der Waals surface area contributed by atoms with Gasteiger partial charge in [-0.3, -0.25) is 9.59 Å². The monoisotopic (exact) mass is 396 g/mol. The zero-order valence-electron chi connectivity index (χ0n) is 17.1. The number of imidazole rings is 1. The summed E-state index contributed by atoms with van der Waals surface area (Å²) in [6, 6.07) is -0.00281. The second-order valence-electron chi connectivity index (χ2n) is 8.05. The number of piperidine rings is 1. The molecule has 4 heterocycles. The molecule has 8 heteroatoms. The van der Waals surface area contributed by atoms with E-state index in [0.29, 0.717) is 19.5 Å². The topological polar surface area (TPSA) is 84.2 Å². The largest absolute Gasteiger partial charge is 0.338 e. The van der Waals surface area contributed by atoms with Gasteiger partial charge < -0.3 is 14.4 Å². The van der Waals surface area contributed by atoms with E-state index in [-0.39, 0.29) is 23.9 Å². The number of rotatable bonds is 4. The second kappa shape index (κ2) is 8.31. The number of nitrogens with zero attached hydrogens (tertiary/aromatic N) is 6. The Balaban J connectivity index is 1.50. The minimum absolute atomic E-state index is 0.0644. The third-order valence-corrected chi connectivity index (χ3v) is 6.02. The van der Waals surface area contributed by atoms with Crippen LogP contribution in [0.3, 0.4) is 0 Å². The Morgan fingerprint density at radius 3 is 2.90 bits per heavy atom. The lowest BCUT2D eigenvalue weighted by atomic mass is 9.99. The Labute approximate surface area is 171 Å². The Bertz CT molecular complexity index is 881. The van der Waals surface area contributed by atoms with Crippen molar-refractivity contribution in [3.8, 4) is 0 Å². The molecule has 1 saturated heterocycles. The summed E-state index contributed by atoms with van der Waals surface area (Å²) < 4.78 is 1.97. The Morgan fingerprint density at radius 2 is 2.14 bits per heavy atom. The van der Waals surface area contributed by atoms with E-state index in [1.807, 2.05) is 33.7 Å². The summed E-state index contributed by atoms with van der Waals surface area (Å²) >= 11 is 0. The fraction of sp³-hybridized carbons (Fsp3) is 0.571. The maximum Gasteiger partial charge on any atom is 0.225 e. The highest BCUT2D eigenvalue weighted by Crippen LogP contribution is 2.31. The molecule has 0 N–H and O–H groups in total. The molecule has 0 bridgehead atoms. The molecule has 2 atom stereocenters. The molecule has 2 aromatic rings. The third-order valence-electron chi connectivity index (χ3n) is 6.02. The minimum atomic E-state index is -0.0672. The first-order chi connectivity index (χ1) is 14.0. The maximum atomic E-state index is 13.1. The molecule has 0 unspecified atom stereocenters. The van der Waals surface area contributed by atoms with Crippen molar-refractivity contribution in [2.45, 2.75) is 64.6 Å². The average Bonchev–Trinajstić information content (AvgIpc) is 3.28. The van der Waals surface area contributed by atoms with Gasteiger partial charge in [-0.25, -0.2) is 15.0 Å². The van der Waals surface area contributed by atoms with Crippen LogP contribution in [0.4, 0.5) is 0 Å². The summed E-state index contributed by atoms with van der Waals surface area (Å²) in [5, 5.41) is 0. The van der Waals surface area contributed by atoms with Gasteiger partial charge in [0.25, 0.3) is 0 Å². The summed E-state index contributed by atoms with van der Waals surface area (Å²) in [5.41, 5.74) is 2.02. The van der Waals surface area contributed by atoms with Gasteiger partial charge in [-0.2, -0.15) is 0 Å². The van der Waals surface area contributed by atoms with Gasteiger partial charge in [0.1, 0.15) is 0 Å². The molecular weight excluding hydrogens is 368 g/mol. The van der Waals surface area contributed by atoms with Crippen molar-refractivity contribution in [3.05, 3.63) is 42.0 Å². The zero-order valence-corrected chi connectivity index (χ0v) is 17.1. The van der Waals surface area contributed by atoms with E-state index in [2.05, 4.69) is 9.97 Å². The van der Waals surface area contributed by atoms with E-state index in [4.69, 9.17) is 4.98 Å². The Kier molecular flexibility index (Phi) is 5.60.